The Morgan fingerprint density at radius 1 is 1.50 bits per heavy atom. The molecule has 0 bridgehead atoms. The molecule has 1 nitrogen and oxygen atoms in total. The molecular formula is C6H8BN. The minimum Gasteiger partial charge on any atom is -0.407 e. The molecule has 0 aromatic carbocycles. The second-order valence-corrected chi connectivity index (χ2v) is 2.07. The van der Waals surface area contributed by atoms with Crippen molar-refractivity contribution in [1.29, 1.82) is 0 Å². The third-order valence-corrected chi connectivity index (χ3v) is 1.19. The summed E-state index contributed by atoms with van der Waals surface area (Å²) in [5.74, 6) is 0. The van der Waals surface area contributed by atoms with E-state index in [9.17, 15) is 0 Å². The van der Waals surface area contributed by atoms with E-state index in [0.29, 0.717) is 0 Å². The van der Waals surface area contributed by atoms with Gasteiger partial charge in [-0.1, -0.05) is 0 Å². The van der Waals surface area contributed by atoms with Crippen LogP contribution >= 0.6 is 0 Å². The fourth-order valence-electron chi connectivity index (χ4n) is 0.762. The summed E-state index contributed by atoms with van der Waals surface area (Å²) in [5.41, 5.74) is 2.31. The van der Waals surface area contributed by atoms with E-state index in [4.69, 9.17) is 7.98 Å². The lowest BCUT2D eigenvalue weighted by Crippen LogP contribution is -1.89. The van der Waals surface area contributed by atoms with Gasteiger partial charge in [0, 0.05) is 5.69 Å². The van der Waals surface area contributed by atoms with Gasteiger partial charge < -0.3 is 4.48 Å². The zero-order valence-corrected chi connectivity index (χ0v) is 5.18. The lowest BCUT2D eigenvalue weighted by Gasteiger charge is -1.90. The predicted molar refractivity (Wildman–Crippen MR) is 35.1 cm³/mol. The fraction of sp³-hybridized carbons (Fsp3) is 0.333. The minimum absolute atomic E-state index is 1.10. The summed E-state index contributed by atoms with van der Waals surface area (Å²) in [5, 5.41) is 0. The average Bonchev–Trinajstić information content (AvgIpc) is 1.85. The first-order valence-corrected chi connectivity index (χ1v) is 2.61. The first-order chi connectivity index (χ1) is 3.70. The van der Waals surface area contributed by atoms with Gasteiger partial charge in [-0.2, -0.15) is 0 Å². The Hall–Kier alpha value is -0.655. The Kier molecular flexibility index (Phi) is 1.16. The van der Waals surface area contributed by atoms with Crippen LogP contribution in [-0.4, -0.2) is 12.5 Å². The summed E-state index contributed by atoms with van der Waals surface area (Å²) < 4.78 is 1.62. The van der Waals surface area contributed by atoms with Gasteiger partial charge in [-0.3, -0.25) is 0 Å². The van der Waals surface area contributed by atoms with Gasteiger partial charge in [-0.05, 0) is 31.7 Å². The molecule has 0 amide bonds. The summed E-state index contributed by atoms with van der Waals surface area (Å²) in [6.45, 7) is 4.00. The molecule has 0 aliphatic carbocycles. The van der Waals surface area contributed by atoms with Crippen molar-refractivity contribution in [2.24, 2.45) is 0 Å². The van der Waals surface area contributed by atoms with Crippen molar-refractivity contribution in [3.05, 3.63) is 23.5 Å². The molecule has 40 valence electrons. The summed E-state index contributed by atoms with van der Waals surface area (Å²) in [7, 11) is 5.46. The van der Waals surface area contributed by atoms with Gasteiger partial charge in [0.1, 0.15) is 0 Å². The van der Waals surface area contributed by atoms with Crippen molar-refractivity contribution >= 4 is 7.98 Å². The second kappa shape index (κ2) is 1.69. The van der Waals surface area contributed by atoms with E-state index in [0.717, 1.165) is 5.69 Å². The maximum absolute atomic E-state index is 5.46. The number of nitrogens with zero attached hydrogens (tertiary/aromatic N) is 1. The van der Waals surface area contributed by atoms with Crippen molar-refractivity contribution in [3.8, 4) is 0 Å². The van der Waals surface area contributed by atoms with Crippen LogP contribution in [-0.2, 0) is 0 Å². The van der Waals surface area contributed by atoms with Crippen molar-refractivity contribution in [2.45, 2.75) is 13.8 Å². The molecule has 1 aromatic heterocycles. The van der Waals surface area contributed by atoms with E-state index < -0.39 is 0 Å². The summed E-state index contributed by atoms with van der Waals surface area (Å²) in [4.78, 5) is 0. The maximum atomic E-state index is 5.46. The van der Waals surface area contributed by atoms with Crippen molar-refractivity contribution in [1.82, 2.24) is 4.48 Å². The van der Waals surface area contributed by atoms with Crippen LogP contribution in [0.1, 0.15) is 11.3 Å². The van der Waals surface area contributed by atoms with E-state index in [2.05, 4.69) is 0 Å². The van der Waals surface area contributed by atoms with Gasteiger partial charge in [-0.25, -0.2) is 0 Å². The molecule has 1 rings (SSSR count). The van der Waals surface area contributed by atoms with Crippen LogP contribution in [0.25, 0.3) is 0 Å². The highest BCUT2D eigenvalue weighted by Gasteiger charge is 1.89. The molecular weight excluding hydrogens is 96.9 g/mol. The molecule has 1 aromatic rings. The Balaban J connectivity index is 3.14. The number of hydrogen-bond donors (Lipinski definition) is 0. The molecule has 8 heavy (non-hydrogen) atoms. The topological polar surface area (TPSA) is 4.93 Å². The van der Waals surface area contributed by atoms with Gasteiger partial charge in [0.05, 0.1) is 0 Å². The van der Waals surface area contributed by atoms with E-state index in [1.54, 1.807) is 4.48 Å². The Labute approximate surface area is 50.8 Å². The van der Waals surface area contributed by atoms with Crippen LogP contribution in [0.5, 0.6) is 0 Å². The van der Waals surface area contributed by atoms with Crippen molar-refractivity contribution in [3.63, 3.8) is 0 Å². The van der Waals surface area contributed by atoms with Crippen LogP contribution in [0, 0.1) is 13.8 Å². The zero-order valence-electron chi connectivity index (χ0n) is 5.18. The Bertz CT molecular complexity index is 171. The third kappa shape index (κ3) is 0.784. The van der Waals surface area contributed by atoms with Crippen LogP contribution in [0.3, 0.4) is 0 Å². The van der Waals surface area contributed by atoms with Crippen LogP contribution in [0.2, 0.25) is 0 Å². The highest BCUT2D eigenvalue weighted by molar-refractivity contribution is 6.07. The monoisotopic (exact) mass is 105 g/mol. The average molecular weight is 105 g/mol. The maximum Gasteiger partial charge on any atom is 0.233 e. The van der Waals surface area contributed by atoms with Crippen molar-refractivity contribution < 1.29 is 0 Å². The number of aryl methyl sites for hydroxylation is 2. The molecule has 0 spiro atoms. The quantitative estimate of drug-likeness (QED) is 0.434. The fourth-order valence-corrected chi connectivity index (χ4v) is 0.762. The Morgan fingerprint density at radius 3 is 2.25 bits per heavy atom. The normalized spacial score (nSPS) is 9.75. The first-order valence-electron chi connectivity index (χ1n) is 2.61. The van der Waals surface area contributed by atoms with E-state index >= 15 is 0 Å². The smallest absolute Gasteiger partial charge is 0.233 e. The molecule has 0 unspecified atom stereocenters. The highest BCUT2D eigenvalue weighted by atomic mass is 14.8. The molecule has 2 radical (unpaired) electrons. The predicted octanol–water partition coefficient (Wildman–Crippen LogP) is 1.04. The minimum atomic E-state index is 1.10. The molecule has 0 saturated carbocycles. The number of hydrogen-bond acceptors (Lipinski definition) is 0. The van der Waals surface area contributed by atoms with Gasteiger partial charge >= 0.3 is 0 Å². The van der Waals surface area contributed by atoms with Crippen LogP contribution in [0.15, 0.2) is 12.3 Å². The zero-order chi connectivity index (χ0) is 6.15. The summed E-state index contributed by atoms with van der Waals surface area (Å²) in [6, 6.07) is 2.04. The molecule has 0 saturated heterocycles. The van der Waals surface area contributed by atoms with Gasteiger partial charge in [0.25, 0.3) is 0 Å². The van der Waals surface area contributed by atoms with Gasteiger partial charge in [0.15, 0.2) is 0 Å². The van der Waals surface area contributed by atoms with Gasteiger partial charge in [-0.15, -0.1) is 0 Å². The molecule has 1 heterocycles. The van der Waals surface area contributed by atoms with E-state index in [1.165, 1.54) is 5.56 Å². The molecule has 0 fully saturated rings. The molecule has 0 atom stereocenters. The molecule has 0 N–H and O–H groups in total. The number of aromatic nitrogens is 1. The molecule has 0 aliphatic heterocycles. The Morgan fingerprint density at radius 2 is 2.12 bits per heavy atom. The summed E-state index contributed by atoms with van der Waals surface area (Å²) >= 11 is 0. The van der Waals surface area contributed by atoms with Crippen LogP contribution < -0.4 is 0 Å². The first kappa shape index (κ1) is 5.48. The molecule has 2 heteroatoms. The molecule has 0 aliphatic rings. The van der Waals surface area contributed by atoms with Gasteiger partial charge in [0.2, 0.25) is 7.98 Å². The lowest BCUT2D eigenvalue weighted by molar-refractivity contribution is 1.15. The largest absolute Gasteiger partial charge is 0.407 e. The van der Waals surface area contributed by atoms with E-state index in [-0.39, 0.29) is 0 Å². The summed E-state index contributed by atoms with van der Waals surface area (Å²) in [6.07, 6.45) is 1.90. The SMILES string of the molecule is [B]n1cc(C)cc1C. The standard InChI is InChI=1S/C6H8BN/c1-5-3-6(2)8(7)4-5/h3-4H,1-2H3. The highest BCUT2D eigenvalue weighted by Crippen LogP contribution is 2.01. The van der Waals surface area contributed by atoms with Crippen LogP contribution in [0.4, 0.5) is 0 Å². The third-order valence-electron chi connectivity index (χ3n) is 1.19. The van der Waals surface area contributed by atoms with Crippen molar-refractivity contribution in [2.75, 3.05) is 0 Å². The van der Waals surface area contributed by atoms with E-state index in [1.807, 2.05) is 26.1 Å². The second-order valence-electron chi connectivity index (χ2n) is 2.07. The lowest BCUT2D eigenvalue weighted by atomic mass is 10.3. The number of rotatable bonds is 0.